The van der Waals surface area contributed by atoms with Crippen LogP contribution >= 0.6 is 0 Å². The van der Waals surface area contributed by atoms with Gasteiger partial charge in [-0.15, -0.1) is 5.10 Å². The SMILES string of the molecule is COc1cc(N)cc(-c2nnnn2CCC2CCCO2)c1. The second-order valence-electron chi connectivity index (χ2n) is 5.14. The molecule has 1 aliphatic heterocycles. The topological polar surface area (TPSA) is 88.1 Å². The number of ether oxygens (including phenoxy) is 2. The Morgan fingerprint density at radius 2 is 2.33 bits per heavy atom. The number of rotatable bonds is 5. The number of benzene rings is 1. The minimum absolute atomic E-state index is 0.317. The normalized spacial score (nSPS) is 18.0. The Kier molecular flexibility index (Phi) is 4.01. The van der Waals surface area contributed by atoms with E-state index in [-0.39, 0.29) is 0 Å². The number of aromatic nitrogens is 4. The highest BCUT2D eigenvalue weighted by Crippen LogP contribution is 2.26. The molecule has 2 heterocycles. The third kappa shape index (κ3) is 3.13. The third-order valence-electron chi connectivity index (χ3n) is 3.64. The van der Waals surface area contributed by atoms with Crippen molar-refractivity contribution in [3.05, 3.63) is 18.2 Å². The van der Waals surface area contributed by atoms with Crippen molar-refractivity contribution in [1.29, 1.82) is 0 Å². The van der Waals surface area contributed by atoms with Crippen LogP contribution in [0.4, 0.5) is 5.69 Å². The van der Waals surface area contributed by atoms with E-state index in [1.54, 1.807) is 17.9 Å². The Morgan fingerprint density at radius 1 is 1.43 bits per heavy atom. The monoisotopic (exact) mass is 289 g/mol. The lowest BCUT2D eigenvalue weighted by Gasteiger charge is -2.10. The minimum atomic E-state index is 0.317. The van der Waals surface area contributed by atoms with Gasteiger partial charge in [0.2, 0.25) is 0 Å². The number of hydrogen-bond acceptors (Lipinski definition) is 6. The van der Waals surface area contributed by atoms with Crippen LogP contribution in [0, 0.1) is 0 Å². The zero-order valence-electron chi connectivity index (χ0n) is 12.0. The van der Waals surface area contributed by atoms with Gasteiger partial charge < -0.3 is 15.2 Å². The number of nitrogens with zero attached hydrogens (tertiary/aromatic N) is 4. The van der Waals surface area contributed by atoms with E-state index in [0.29, 0.717) is 23.4 Å². The average molecular weight is 289 g/mol. The summed E-state index contributed by atoms with van der Waals surface area (Å²) in [5, 5.41) is 11.9. The van der Waals surface area contributed by atoms with E-state index in [2.05, 4.69) is 15.5 Å². The van der Waals surface area contributed by atoms with Gasteiger partial charge in [0.05, 0.1) is 13.2 Å². The summed E-state index contributed by atoms with van der Waals surface area (Å²) in [7, 11) is 1.61. The Balaban J connectivity index is 1.79. The maximum absolute atomic E-state index is 5.89. The number of hydrogen-bond donors (Lipinski definition) is 1. The Labute approximate surface area is 123 Å². The van der Waals surface area contributed by atoms with Gasteiger partial charge in [-0.2, -0.15) is 0 Å². The van der Waals surface area contributed by atoms with Crippen LogP contribution in [-0.2, 0) is 11.3 Å². The number of nitrogen functional groups attached to an aromatic ring is 1. The molecule has 112 valence electrons. The van der Waals surface area contributed by atoms with Gasteiger partial charge in [-0.25, -0.2) is 4.68 Å². The van der Waals surface area contributed by atoms with Crippen LogP contribution in [0.2, 0.25) is 0 Å². The standard InChI is InChI=1S/C14H19N5O2/c1-20-13-8-10(7-11(15)9-13)14-16-17-18-19(14)5-4-12-3-2-6-21-12/h7-9,12H,2-6,15H2,1H3. The molecule has 0 amide bonds. The van der Waals surface area contributed by atoms with Crippen LogP contribution in [0.5, 0.6) is 5.75 Å². The summed E-state index contributed by atoms with van der Waals surface area (Å²) in [6, 6.07) is 5.49. The first-order valence-electron chi connectivity index (χ1n) is 7.09. The van der Waals surface area contributed by atoms with E-state index >= 15 is 0 Å². The first-order chi connectivity index (χ1) is 10.3. The molecule has 1 fully saturated rings. The number of methoxy groups -OCH3 is 1. The van der Waals surface area contributed by atoms with Gasteiger partial charge in [-0.05, 0) is 41.8 Å². The lowest BCUT2D eigenvalue weighted by Crippen LogP contribution is -2.12. The molecular formula is C14H19N5O2. The van der Waals surface area contributed by atoms with Crippen LogP contribution in [0.3, 0.4) is 0 Å². The second-order valence-corrected chi connectivity index (χ2v) is 5.14. The molecule has 1 atom stereocenters. The summed E-state index contributed by atoms with van der Waals surface area (Å²) in [5.74, 6) is 1.39. The Morgan fingerprint density at radius 3 is 3.10 bits per heavy atom. The van der Waals surface area contributed by atoms with Crippen LogP contribution in [-0.4, -0.2) is 40.0 Å². The van der Waals surface area contributed by atoms with Crippen molar-refractivity contribution in [3.8, 4) is 17.1 Å². The van der Waals surface area contributed by atoms with Gasteiger partial charge in [0, 0.05) is 30.5 Å². The minimum Gasteiger partial charge on any atom is -0.497 e. The maximum Gasteiger partial charge on any atom is 0.182 e. The molecule has 7 heteroatoms. The zero-order chi connectivity index (χ0) is 14.7. The molecule has 1 aromatic heterocycles. The van der Waals surface area contributed by atoms with E-state index in [1.807, 2.05) is 12.1 Å². The van der Waals surface area contributed by atoms with Gasteiger partial charge in [0.25, 0.3) is 0 Å². The average Bonchev–Trinajstić information content (AvgIpc) is 3.15. The molecule has 0 spiro atoms. The van der Waals surface area contributed by atoms with Gasteiger partial charge in [-0.3, -0.25) is 0 Å². The molecule has 1 aromatic carbocycles. The fraction of sp³-hybridized carbons (Fsp3) is 0.500. The third-order valence-corrected chi connectivity index (χ3v) is 3.64. The van der Waals surface area contributed by atoms with Crippen LogP contribution < -0.4 is 10.5 Å². The van der Waals surface area contributed by atoms with Crippen molar-refractivity contribution in [2.75, 3.05) is 19.5 Å². The second kappa shape index (κ2) is 6.09. The summed E-state index contributed by atoms with van der Waals surface area (Å²) in [6.45, 7) is 1.59. The summed E-state index contributed by atoms with van der Waals surface area (Å²) >= 11 is 0. The fourth-order valence-electron chi connectivity index (χ4n) is 2.57. The van der Waals surface area contributed by atoms with Crippen molar-refractivity contribution in [2.45, 2.75) is 31.9 Å². The Bertz CT molecular complexity index is 607. The molecule has 1 unspecified atom stereocenters. The molecule has 0 saturated carbocycles. The van der Waals surface area contributed by atoms with Gasteiger partial charge in [0.15, 0.2) is 5.82 Å². The highest BCUT2D eigenvalue weighted by molar-refractivity contribution is 5.64. The first kappa shape index (κ1) is 13.8. The van der Waals surface area contributed by atoms with E-state index in [9.17, 15) is 0 Å². The van der Waals surface area contributed by atoms with Crippen molar-refractivity contribution < 1.29 is 9.47 Å². The zero-order valence-corrected chi connectivity index (χ0v) is 12.0. The molecule has 2 N–H and O–H groups in total. The molecular weight excluding hydrogens is 270 g/mol. The van der Waals surface area contributed by atoms with Crippen LogP contribution in [0.15, 0.2) is 18.2 Å². The van der Waals surface area contributed by atoms with Crippen molar-refractivity contribution >= 4 is 5.69 Å². The van der Waals surface area contributed by atoms with Gasteiger partial charge in [0.1, 0.15) is 5.75 Å². The van der Waals surface area contributed by atoms with Crippen molar-refractivity contribution in [1.82, 2.24) is 20.2 Å². The summed E-state index contributed by atoms with van der Waals surface area (Å²) in [4.78, 5) is 0. The van der Waals surface area contributed by atoms with Crippen molar-refractivity contribution in [3.63, 3.8) is 0 Å². The number of tetrazole rings is 1. The molecule has 2 aromatic rings. The fourth-order valence-corrected chi connectivity index (χ4v) is 2.57. The number of aryl methyl sites for hydroxylation is 1. The molecule has 0 radical (unpaired) electrons. The number of nitrogens with two attached hydrogens (primary N) is 1. The summed E-state index contributed by atoms with van der Waals surface area (Å²) in [5.41, 5.74) is 7.36. The van der Waals surface area contributed by atoms with E-state index in [4.69, 9.17) is 15.2 Å². The highest BCUT2D eigenvalue weighted by Gasteiger charge is 2.17. The van der Waals surface area contributed by atoms with E-state index in [1.165, 1.54) is 0 Å². The molecule has 21 heavy (non-hydrogen) atoms. The molecule has 1 aliphatic rings. The predicted molar refractivity (Wildman–Crippen MR) is 77.8 cm³/mol. The smallest absolute Gasteiger partial charge is 0.182 e. The lowest BCUT2D eigenvalue weighted by atomic mass is 10.1. The van der Waals surface area contributed by atoms with Crippen molar-refractivity contribution in [2.24, 2.45) is 0 Å². The lowest BCUT2D eigenvalue weighted by molar-refractivity contribution is 0.0994. The number of anilines is 1. The predicted octanol–water partition coefficient (Wildman–Crippen LogP) is 1.50. The quantitative estimate of drug-likeness (QED) is 0.839. The molecule has 7 nitrogen and oxygen atoms in total. The summed E-state index contributed by atoms with van der Waals surface area (Å²) in [6.07, 6.45) is 3.48. The van der Waals surface area contributed by atoms with Gasteiger partial charge >= 0.3 is 0 Å². The first-order valence-corrected chi connectivity index (χ1v) is 7.09. The molecule has 0 bridgehead atoms. The van der Waals surface area contributed by atoms with Crippen LogP contribution in [0.1, 0.15) is 19.3 Å². The molecule has 1 saturated heterocycles. The summed E-state index contributed by atoms with van der Waals surface area (Å²) < 4.78 is 12.7. The Hall–Kier alpha value is -2.15. The van der Waals surface area contributed by atoms with E-state index in [0.717, 1.165) is 38.0 Å². The van der Waals surface area contributed by atoms with Gasteiger partial charge in [-0.1, -0.05) is 0 Å². The highest BCUT2D eigenvalue weighted by atomic mass is 16.5. The van der Waals surface area contributed by atoms with E-state index < -0.39 is 0 Å². The van der Waals surface area contributed by atoms with Crippen LogP contribution in [0.25, 0.3) is 11.4 Å². The maximum atomic E-state index is 5.89. The molecule has 3 rings (SSSR count). The largest absolute Gasteiger partial charge is 0.497 e. The molecule has 0 aliphatic carbocycles.